The fourth-order valence-corrected chi connectivity index (χ4v) is 3.24. The Labute approximate surface area is 159 Å². The molecule has 150 valence electrons. The van der Waals surface area contributed by atoms with E-state index in [1.54, 1.807) is 12.1 Å². The highest BCUT2D eigenvalue weighted by molar-refractivity contribution is 5.76. The number of alkyl halides is 3. The van der Waals surface area contributed by atoms with E-state index in [2.05, 4.69) is 5.32 Å². The lowest BCUT2D eigenvalue weighted by molar-refractivity contribution is -0.198. The molecule has 0 radical (unpaired) electrons. The van der Waals surface area contributed by atoms with Gasteiger partial charge in [0.2, 0.25) is 6.10 Å². The van der Waals surface area contributed by atoms with Crippen molar-refractivity contribution in [3.8, 4) is 5.75 Å². The van der Waals surface area contributed by atoms with Crippen molar-refractivity contribution >= 4 is 5.97 Å². The Balaban J connectivity index is 1.74. The molecule has 0 saturated carbocycles. The number of esters is 1. The Bertz CT molecular complexity index is 823. The lowest BCUT2D eigenvalue weighted by atomic mass is 10.0. The molecule has 2 aromatic rings. The minimum Gasteiger partial charge on any atom is -0.476 e. The van der Waals surface area contributed by atoms with Crippen LogP contribution in [0.2, 0.25) is 0 Å². The average Bonchev–Trinajstić information content (AvgIpc) is 3.16. The first-order chi connectivity index (χ1) is 13.3. The molecule has 1 fully saturated rings. The van der Waals surface area contributed by atoms with E-state index in [1.807, 2.05) is 0 Å². The monoisotopic (exact) mass is 397 g/mol. The van der Waals surface area contributed by atoms with Gasteiger partial charge in [0.25, 0.3) is 0 Å². The number of ether oxygens (including phenoxy) is 2. The van der Waals surface area contributed by atoms with Gasteiger partial charge in [-0.05, 0) is 36.6 Å². The molecule has 1 N–H and O–H groups in total. The third kappa shape index (κ3) is 4.44. The summed E-state index contributed by atoms with van der Waals surface area (Å²) in [6.45, 7) is 0. The summed E-state index contributed by atoms with van der Waals surface area (Å²) >= 11 is 0. The van der Waals surface area contributed by atoms with Crippen LogP contribution in [0.25, 0.3) is 0 Å². The van der Waals surface area contributed by atoms with Crippen LogP contribution in [0.5, 0.6) is 5.75 Å². The van der Waals surface area contributed by atoms with Gasteiger partial charge in [-0.2, -0.15) is 13.2 Å². The van der Waals surface area contributed by atoms with E-state index in [4.69, 9.17) is 9.47 Å². The van der Waals surface area contributed by atoms with E-state index in [0.717, 1.165) is 17.7 Å². The molecular weight excluding hydrogens is 378 g/mol. The average molecular weight is 397 g/mol. The van der Waals surface area contributed by atoms with Crippen molar-refractivity contribution in [3.05, 3.63) is 65.5 Å². The Morgan fingerprint density at radius 1 is 1.11 bits per heavy atom. The maximum absolute atomic E-state index is 13.8. The Hall–Kier alpha value is -2.61. The maximum Gasteiger partial charge on any atom is 0.429 e. The molecule has 3 rings (SSSR count). The van der Waals surface area contributed by atoms with Crippen LogP contribution in [0.1, 0.15) is 36.1 Å². The molecule has 1 aliphatic rings. The third-order valence-corrected chi connectivity index (χ3v) is 4.65. The molecule has 1 heterocycles. The molecule has 0 amide bonds. The zero-order chi connectivity index (χ0) is 20.3. The van der Waals surface area contributed by atoms with Gasteiger partial charge in [-0.25, -0.2) is 4.39 Å². The first-order valence-electron chi connectivity index (χ1n) is 8.71. The summed E-state index contributed by atoms with van der Waals surface area (Å²) < 4.78 is 63.8. The second kappa shape index (κ2) is 8.18. The summed E-state index contributed by atoms with van der Waals surface area (Å²) in [5.74, 6) is -1.36. The second-order valence-electron chi connectivity index (χ2n) is 6.50. The minimum atomic E-state index is -4.78. The summed E-state index contributed by atoms with van der Waals surface area (Å²) in [5, 5.41) is 3.13. The van der Waals surface area contributed by atoms with Crippen molar-refractivity contribution in [2.24, 2.45) is 0 Å². The Morgan fingerprint density at radius 3 is 2.39 bits per heavy atom. The Morgan fingerprint density at radius 2 is 1.79 bits per heavy atom. The lowest BCUT2D eigenvalue weighted by Gasteiger charge is -2.23. The quantitative estimate of drug-likeness (QED) is 0.597. The van der Waals surface area contributed by atoms with Crippen LogP contribution in [0.4, 0.5) is 17.6 Å². The van der Waals surface area contributed by atoms with Crippen LogP contribution in [-0.4, -0.2) is 25.3 Å². The van der Waals surface area contributed by atoms with Crippen molar-refractivity contribution in [2.75, 3.05) is 7.11 Å². The zero-order valence-corrected chi connectivity index (χ0v) is 15.0. The number of hydrogen-bond acceptors (Lipinski definition) is 4. The van der Waals surface area contributed by atoms with Gasteiger partial charge in [-0.15, -0.1) is 0 Å². The molecule has 0 spiro atoms. The van der Waals surface area contributed by atoms with Crippen LogP contribution < -0.4 is 10.1 Å². The van der Waals surface area contributed by atoms with Crippen molar-refractivity contribution in [1.82, 2.24) is 5.32 Å². The summed E-state index contributed by atoms with van der Waals surface area (Å²) in [5.41, 5.74) is 0.241. The molecule has 0 bridgehead atoms. The van der Waals surface area contributed by atoms with Gasteiger partial charge >= 0.3 is 12.1 Å². The van der Waals surface area contributed by atoms with Gasteiger partial charge < -0.3 is 9.47 Å². The number of hydrogen-bond donors (Lipinski definition) is 1. The van der Waals surface area contributed by atoms with Crippen LogP contribution in [0.15, 0.2) is 48.5 Å². The van der Waals surface area contributed by atoms with Crippen molar-refractivity contribution in [1.29, 1.82) is 0 Å². The van der Waals surface area contributed by atoms with Crippen LogP contribution in [-0.2, 0) is 9.53 Å². The topological polar surface area (TPSA) is 47.6 Å². The molecule has 1 aliphatic heterocycles. The fraction of sp³-hybridized carbons (Fsp3) is 0.350. The number of rotatable bonds is 5. The predicted octanol–water partition coefficient (Wildman–Crippen LogP) is 4.47. The maximum atomic E-state index is 13.8. The summed E-state index contributed by atoms with van der Waals surface area (Å²) in [4.78, 5) is 11.6. The number of nitrogens with one attached hydrogen (secondary N) is 1. The van der Waals surface area contributed by atoms with E-state index >= 15 is 0 Å². The SMILES string of the molecule is COC(=O)[C@@H]1CCC(c2ccc(OC(c3ccccc3F)C(F)(F)F)cc2)N1. The van der Waals surface area contributed by atoms with Gasteiger partial charge in [0.1, 0.15) is 17.6 Å². The molecule has 8 heteroatoms. The predicted molar refractivity (Wildman–Crippen MR) is 93.2 cm³/mol. The number of benzene rings is 2. The van der Waals surface area contributed by atoms with E-state index in [-0.39, 0.29) is 17.8 Å². The number of halogens is 4. The minimum absolute atomic E-state index is 0.0307. The van der Waals surface area contributed by atoms with Gasteiger partial charge in [0, 0.05) is 11.6 Å². The number of carbonyl (C=O) groups excluding carboxylic acids is 1. The van der Waals surface area contributed by atoms with Gasteiger partial charge in [0.05, 0.1) is 7.11 Å². The highest BCUT2D eigenvalue weighted by Crippen LogP contribution is 2.38. The van der Waals surface area contributed by atoms with E-state index in [9.17, 15) is 22.4 Å². The van der Waals surface area contributed by atoms with Gasteiger partial charge in [-0.3, -0.25) is 10.1 Å². The summed E-state index contributed by atoms with van der Waals surface area (Å²) in [7, 11) is 1.32. The highest BCUT2D eigenvalue weighted by atomic mass is 19.4. The molecule has 2 aromatic carbocycles. The zero-order valence-electron chi connectivity index (χ0n) is 15.0. The van der Waals surface area contributed by atoms with Crippen molar-refractivity contribution in [3.63, 3.8) is 0 Å². The summed E-state index contributed by atoms with van der Waals surface area (Å²) in [6, 6.07) is 10.2. The largest absolute Gasteiger partial charge is 0.476 e. The van der Waals surface area contributed by atoms with Crippen molar-refractivity contribution < 1.29 is 31.8 Å². The molecule has 2 unspecified atom stereocenters. The fourth-order valence-electron chi connectivity index (χ4n) is 3.24. The third-order valence-electron chi connectivity index (χ3n) is 4.65. The number of carbonyl (C=O) groups is 1. The van der Waals surface area contributed by atoms with Crippen LogP contribution in [0, 0.1) is 5.82 Å². The smallest absolute Gasteiger partial charge is 0.429 e. The second-order valence-corrected chi connectivity index (χ2v) is 6.50. The van der Waals surface area contributed by atoms with E-state index < -0.39 is 29.7 Å². The van der Waals surface area contributed by atoms with Crippen LogP contribution in [0.3, 0.4) is 0 Å². The molecule has 4 nitrogen and oxygen atoms in total. The normalized spacial score (nSPS) is 20.6. The highest BCUT2D eigenvalue weighted by Gasteiger charge is 2.44. The molecule has 0 aliphatic carbocycles. The first kappa shape index (κ1) is 20.1. The molecule has 0 aromatic heterocycles. The number of methoxy groups -OCH3 is 1. The molecule has 1 saturated heterocycles. The van der Waals surface area contributed by atoms with E-state index in [0.29, 0.717) is 12.8 Å². The lowest BCUT2D eigenvalue weighted by Crippen LogP contribution is -2.33. The van der Waals surface area contributed by atoms with Gasteiger partial charge in [-0.1, -0.05) is 30.3 Å². The summed E-state index contributed by atoms with van der Waals surface area (Å²) in [6.07, 6.45) is -5.88. The molecule has 3 atom stereocenters. The Kier molecular flexibility index (Phi) is 5.88. The molecule has 28 heavy (non-hydrogen) atoms. The van der Waals surface area contributed by atoms with Crippen molar-refractivity contribution in [2.45, 2.75) is 37.2 Å². The van der Waals surface area contributed by atoms with Gasteiger partial charge in [0.15, 0.2) is 0 Å². The standard InChI is InChI=1S/C20H19F4NO3/c1-27-19(26)17-11-10-16(25-17)12-6-8-13(9-7-12)28-18(20(22,23)24)14-4-2-3-5-15(14)21/h2-9,16-18,25H,10-11H2,1H3/t16?,17-,18?/m0/s1. The molecular formula is C20H19F4NO3. The van der Waals surface area contributed by atoms with Crippen LogP contribution >= 0.6 is 0 Å². The first-order valence-corrected chi connectivity index (χ1v) is 8.71. The van der Waals surface area contributed by atoms with E-state index in [1.165, 1.54) is 31.4 Å².